The van der Waals surface area contributed by atoms with Crippen molar-refractivity contribution in [2.75, 3.05) is 20.1 Å². The molecule has 4 nitrogen and oxygen atoms in total. The SMILES string of the molecule is CN(Cc1ccccc1)C[C@H]1CCCN1C#N.NSc1cc(Br)ccc1Br. The summed E-state index contributed by atoms with van der Waals surface area (Å²) in [5.41, 5.74) is 1.33. The van der Waals surface area contributed by atoms with E-state index in [1.54, 1.807) is 0 Å². The lowest BCUT2D eigenvalue weighted by Crippen LogP contribution is -2.36. The van der Waals surface area contributed by atoms with E-state index in [9.17, 15) is 0 Å². The van der Waals surface area contributed by atoms with Crippen molar-refractivity contribution in [1.82, 2.24) is 9.80 Å². The zero-order chi connectivity index (χ0) is 19.6. The molecular formula is C20H24Br2N4S. The van der Waals surface area contributed by atoms with Crippen LogP contribution in [0, 0.1) is 11.5 Å². The van der Waals surface area contributed by atoms with Crippen LogP contribution in [0.15, 0.2) is 62.4 Å². The summed E-state index contributed by atoms with van der Waals surface area (Å²) in [7, 11) is 2.13. The molecule has 0 aromatic heterocycles. The van der Waals surface area contributed by atoms with Crippen molar-refractivity contribution in [3.8, 4) is 6.19 Å². The highest BCUT2D eigenvalue weighted by Gasteiger charge is 2.24. The van der Waals surface area contributed by atoms with Gasteiger partial charge in [-0.2, -0.15) is 5.26 Å². The van der Waals surface area contributed by atoms with Crippen LogP contribution in [0.25, 0.3) is 0 Å². The van der Waals surface area contributed by atoms with E-state index in [2.05, 4.69) is 74.3 Å². The van der Waals surface area contributed by atoms with Gasteiger partial charge in [-0.25, -0.2) is 0 Å². The average molecular weight is 512 g/mol. The molecule has 1 saturated heterocycles. The van der Waals surface area contributed by atoms with E-state index in [1.165, 1.54) is 17.5 Å². The second-order valence-corrected chi connectivity index (χ2v) is 8.91. The quantitative estimate of drug-likeness (QED) is 0.439. The van der Waals surface area contributed by atoms with Gasteiger partial charge in [0.1, 0.15) is 0 Å². The number of rotatable bonds is 5. The summed E-state index contributed by atoms with van der Waals surface area (Å²) in [4.78, 5) is 5.26. The predicted molar refractivity (Wildman–Crippen MR) is 120 cm³/mol. The molecule has 1 heterocycles. The van der Waals surface area contributed by atoms with Gasteiger partial charge in [0.2, 0.25) is 0 Å². The molecule has 0 radical (unpaired) electrons. The van der Waals surface area contributed by atoms with Crippen molar-refractivity contribution in [3.63, 3.8) is 0 Å². The smallest absolute Gasteiger partial charge is 0.179 e. The van der Waals surface area contributed by atoms with Gasteiger partial charge in [-0.1, -0.05) is 46.3 Å². The van der Waals surface area contributed by atoms with Crippen molar-refractivity contribution in [2.24, 2.45) is 5.14 Å². The number of benzene rings is 2. The van der Waals surface area contributed by atoms with Crippen LogP contribution in [0.5, 0.6) is 0 Å². The number of nitrogens with two attached hydrogens (primary N) is 1. The summed E-state index contributed by atoms with van der Waals surface area (Å²) in [6, 6.07) is 16.8. The summed E-state index contributed by atoms with van der Waals surface area (Å²) in [5.74, 6) is 0. The Bertz CT molecular complexity index is 751. The predicted octanol–water partition coefficient (Wildman–Crippen LogP) is 5.24. The fraction of sp³-hybridized carbons (Fsp3) is 0.350. The topological polar surface area (TPSA) is 56.3 Å². The molecule has 1 aliphatic rings. The molecular weight excluding hydrogens is 488 g/mol. The molecule has 7 heteroatoms. The molecule has 1 aliphatic heterocycles. The number of halogens is 2. The Balaban J connectivity index is 0.000000223. The molecule has 3 rings (SSSR count). The van der Waals surface area contributed by atoms with Gasteiger partial charge in [-0.3, -0.25) is 5.14 Å². The maximum atomic E-state index is 9.00. The zero-order valence-corrected chi connectivity index (χ0v) is 19.3. The Morgan fingerprint density at radius 3 is 2.63 bits per heavy atom. The molecule has 2 aromatic carbocycles. The van der Waals surface area contributed by atoms with Gasteiger partial charge in [0.25, 0.3) is 0 Å². The largest absolute Gasteiger partial charge is 0.306 e. The van der Waals surface area contributed by atoms with E-state index in [-0.39, 0.29) is 0 Å². The first kappa shape index (κ1) is 22.3. The average Bonchev–Trinajstić information content (AvgIpc) is 3.12. The lowest BCUT2D eigenvalue weighted by atomic mass is 10.2. The number of likely N-dealkylation sites (tertiary alicyclic amines) is 1. The Morgan fingerprint density at radius 2 is 2.00 bits per heavy atom. The Labute approximate surface area is 183 Å². The third-order valence-electron chi connectivity index (χ3n) is 4.34. The molecule has 1 atom stereocenters. The molecule has 0 spiro atoms. The highest BCUT2D eigenvalue weighted by molar-refractivity contribution is 9.11. The van der Waals surface area contributed by atoms with Crippen molar-refractivity contribution in [3.05, 3.63) is 63.0 Å². The second kappa shape index (κ2) is 11.7. The minimum atomic E-state index is 0.411. The highest BCUT2D eigenvalue weighted by Crippen LogP contribution is 2.26. The number of nitrogens with zero attached hydrogens (tertiary/aromatic N) is 3. The van der Waals surface area contributed by atoms with Gasteiger partial charge in [0.05, 0.1) is 6.04 Å². The van der Waals surface area contributed by atoms with E-state index in [4.69, 9.17) is 10.4 Å². The van der Waals surface area contributed by atoms with Crippen LogP contribution in [0.4, 0.5) is 0 Å². The molecule has 0 amide bonds. The van der Waals surface area contributed by atoms with Gasteiger partial charge in [0.15, 0.2) is 6.19 Å². The zero-order valence-electron chi connectivity index (χ0n) is 15.3. The number of hydrogen-bond acceptors (Lipinski definition) is 5. The van der Waals surface area contributed by atoms with Crippen molar-refractivity contribution in [2.45, 2.75) is 30.3 Å². The standard InChI is InChI=1S/C14H19N3.C6H5Br2NS/c1-16(10-13-6-3-2-4-7-13)11-14-8-5-9-17(14)12-15;7-4-1-2-5(8)6(3-4)10-9/h2-4,6-7,14H,5,8-11H2,1H3;1-3H,9H2/t14-;/m1./s1. The van der Waals surface area contributed by atoms with Gasteiger partial charge in [0, 0.05) is 33.5 Å². The summed E-state index contributed by atoms with van der Waals surface area (Å²) >= 11 is 7.95. The summed E-state index contributed by atoms with van der Waals surface area (Å²) in [5, 5.41) is 14.4. The molecule has 144 valence electrons. The lowest BCUT2D eigenvalue weighted by molar-refractivity contribution is 0.237. The summed E-state index contributed by atoms with van der Waals surface area (Å²) in [6.45, 7) is 2.86. The molecule has 0 unspecified atom stereocenters. The van der Waals surface area contributed by atoms with Crippen LogP contribution in [0.2, 0.25) is 0 Å². The third-order valence-corrected chi connectivity index (χ3v) is 6.38. The van der Waals surface area contributed by atoms with Gasteiger partial charge < -0.3 is 9.80 Å². The normalized spacial score (nSPS) is 16.0. The number of likely N-dealkylation sites (N-methyl/N-ethyl adjacent to an activating group) is 1. The Kier molecular flexibility index (Phi) is 9.66. The molecule has 27 heavy (non-hydrogen) atoms. The monoisotopic (exact) mass is 510 g/mol. The fourth-order valence-electron chi connectivity index (χ4n) is 3.04. The van der Waals surface area contributed by atoms with Crippen LogP contribution in [-0.4, -0.2) is 36.0 Å². The lowest BCUT2D eigenvalue weighted by Gasteiger charge is -2.24. The van der Waals surface area contributed by atoms with E-state index in [0.29, 0.717) is 6.04 Å². The minimum absolute atomic E-state index is 0.411. The van der Waals surface area contributed by atoms with Crippen LogP contribution in [0.1, 0.15) is 18.4 Å². The van der Waals surface area contributed by atoms with Crippen molar-refractivity contribution >= 4 is 43.8 Å². The molecule has 0 aliphatic carbocycles. The molecule has 0 bridgehead atoms. The van der Waals surface area contributed by atoms with Crippen LogP contribution >= 0.6 is 43.8 Å². The first-order valence-electron chi connectivity index (χ1n) is 8.74. The maximum Gasteiger partial charge on any atom is 0.179 e. The van der Waals surface area contributed by atoms with E-state index in [0.717, 1.165) is 46.3 Å². The number of hydrogen-bond donors (Lipinski definition) is 1. The van der Waals surface area contributed by atoms with E-state index >= 15 is 0 Å². The van der Waals surface area contributed by atoms with Gasteiger partial charge in [-0.15, -0.1) is 0 Å². The van der Waals surface area contributed by atoms with Crippen LogP contribution in [0.3, 0.4) is 0 Å². The van der Waals surface area contributed by atoms with Gasteiger partial charge >= 0.3 is 0 Å². The first-order chi connectivity index (χ1) is 13.0. The molecule has 1 fully saturated rings. The van der Waals surface area contributed by atoms with E-state index < -0.39 is 0 Å². The maximum absolute atomic E-state index is 9.00. The van der Waals surface area contributed by atoms with E-state index in [1.807, 2.05) is 29.2 Å². The second-order valence-electron chi connectivity index (χ2n) is 6.46. The van der Waals surface area contributed by atoms with Crippen molar-refractivity contribution in [1.29, 1.82) is 5.26 Å². The highest BCUT2D eigenvalue weighted by atomic mass is 79.9. The van der Waals surface area contributed by atoms with Crippen LogP contribution in [-0.2, 0) is 6.54 Å². The molecule has 2 N–H and O–H groups in total. The number of nitriles is 1. The first-order valence-corrected chi connectivity index (χ1v) is 11.2. The Morgan fingerprint density at radius 1 is 1.26 bits per heavy atom. The summed E-state index contributed by atoms with van der Waals surface area (Å²) in [6.07, 6.45) is 4.59. The third kappa shape index (κ3) is 7.47. The Hall–Kier alpha value is -1.04. The fourth-order valence-corrected chi connectivity index (χ4v) is 4.46. The van der Waals surface area contributed by atoms with Crippen molar-refractivity contribution < 1.29 is 0 Å². The molecule has 0 saturated carbocycles. The van der Waals surface area contributed by atoms with Gasteiger partial charge in [-0.05, 0) is 71.5 Å². The summed E-state index contributed by atoms with van der Waals surface area (Å²) < 4.78 is 2.08. The van der Waals surface area contributed by atoms with Crippen LogP contribution < -0.4 is 5.14 Å². The molecule has 2 aromatic rings. The minimum Gasteiger partial charge on any atom is -0.306 e.